The standard InChI is InChI=1S/C39H55ClN2O6SSi/c1-8-11-31(24-48-50(6,7)38(3,4)5)49(45,46)41-37(44)28-15-19-36-34(22-28)42(23-29-14-17-32(29)35(43)12-9-2)25-39(26-47-36)20-10-13-27-21-30(40)16-18-33(27)39/h8-9,15-16,18-19,21-22,29,31-32,35,43H,1-2,10-14,17,20,23-26H2,3-7H3,(H,41,44)/t29-,31?,32+,35?,39-/m0/s1. The SMILES string of the molecule is C=CCC(O)[C@@H]1CC[C@H]1CN1C[C@@]2(CCCc3cc(Cl)ccc32)COc2ccc(C(=O)NS(=O)(=O)C(CC=C)CO[Si](C)(C)C(C)(C)C)cc21. The topological polar surface area (TPSA) is 105 Å². The number of aryl methyl sites for hydroxylation is 1. The number of hydrogen-bond acceptors (Lipinski definition) is 7. The van der Waals surface area contributed by atoms with Crippen molar-refractivity contribution in [3.05, 3.63) is 83.4 Å². The van der Waals surface area contributed by atoms with Gasteiger partial charge in [-0.05, 0) is 116 Å². The zero-order valence-electron chi connectivity index (χ0n) is 30.3. The van der Waals surface area contributed by atoms with Crippen LogP contribution in [0.3, 0.4) is 0 Å². The second-order valence-electron chi connectivity index (χ2n) is 16.1. The molecule has 50 heavy (non-hydrogen) atoms. The van der Waals surface area contributed by atoms with Gasteiger partial charge in [-0.1, -0.05) is 50.6 Å². The van der Waals surface area contributed by atoms with Crippen molar-refractivity contribution in [2.24, 2.45) is 11.8 Å². The molecule has 5 rings (SSSR count). The molecule has 1 amide bonds. The molecular weight excluding hydrogens is 688 g/mol. The van der Waals surface area contributed by atoms with Crippen LogP contribution in [-0.4, -0.2) is 65.4 Å². The van der Waals surface area contributed by atoms with Crippen LogP contribution in [0.2, 0.25) is 23.2 Å². The molecule has 1 fully saturated rings. The van der Waals surface area contributed by atoms with Gasteiger partial charge >= 0.3 is 0 Å². The minimum absolute atomic E-state index is 0.0219. The number of halogens is 1. The van der Waals surface area contributed by atoms with Crippen LogP contribution in [-0.2, 0) is 26.3 Å². The smallest absolute Gasteiger partial charge is 0.264 e. The van der Waals surface area contributed by atoms with Crippen molar-refractivity contribution in [1.82, 2.24) is 4.72 Å². The molecule has 0 aromatic heterocycles. The molecule has 8 nitrogen and oxygen atoms in total. The molecule has 2 N–H and O–H groups in total. The molecule has 274 valence electrons. The Morgan fingerprint density at radius 2 is 1.92 bits per heavy atom. The number of rotatable bonds is 13. The number of carbonyl (C=O) groups is 1. The van der Waals surface area contributed by atoms with Crippen LogP contribution >= 0.6 is 11.6 Å². The van der Waals surface area contributed by atoms with E-state index in [1.54, 1.807) is 30.4 Å². The van der Waals surface area contributed by atoms with Crippen molar-refractivity contribution in [2.75, 3.05) is 31.2 Å². The number of sulfonamides is 1. The summed E-state index contributed by atoms with van der Waals surface area (Å²) in [6.45, 7) is 19.8. The average molecular weight is 743 g/mol. The molecule has 1 heterocycles. The second-order valence-corrected chi connectivity index (χ2v) is 23.3. The summed E-state index contributed by atoms with van der Waals surface area (Å²) in [6.07, 6.45) is 8.40. The van der Waals surface area contributed by atoms with Crippen molar-refractivity contribution in [1.29, 1.82) is 0 Å². The molecule has 3 aliphatic rings. The zero-order chi connectivity index (χ0) is 36.5. The number of nitrogens with one attached hydrogen (secondary N) is 1. The Hall–Kier alpha value is -2.63. The van der Waals surface area contributed by atoms with E-state index >= 15 is 0 Å². The molecular formula is C39H55ClN2O6SSi. The predicted octanol–water partition coefficient (Wildman–Crippen LogP) is 7.80. The Kier molecular flexibility index (Phi) is 11.7. The number of fused-ring (bicyclic) bond motifs is 3. The van der Waals surface area contributed by atoms with Crippen LogP contribution in [0.4, 0.5) is 5.69 Å². The van der Waals surface area contributed by atoms with Crippen LogP contribution in [0.1, 0.15) is 80.8 Å². The number of aliphatic hydroxyl groups is 1. The fourth-order valence-corrected chi connectivity index (χ4v) is 10.0. The van der Waals surface area contributed by atoms with E-state index < -0.39 is 35.6 Å². The first kappa shape index (κ1) is 38.6. The Labute approximate surface area is 305 Å². The van der Waals surface area contributed by atoms with E-state index in [-0.39, 0.29) is 40.9 Å². The fraction of sp³-hybridized carbons (Fsp3) is 0.564. The van der Waals surface area contributed by atoms with E-state index in [4.69, 9.17) is 20.8 Å². The first-order valence-corrected chi connectivity index (χ1v) is 22.7. The molecule has 2 aliphatic carbocycles. The largest absolute Gasteiger partial charge is 0.490 e. The minimum atomic E-state index is -4.10. The fourth-order valence-electron chi connectivity index (χ4n) is 7.47. The lowest BCUT2D eigenvalue weighted by Gasteiger charge is -2.45. The summed E-state index contributed by atoms with van der Waals surface area (Å²) in [7, 11) is -6.34. The highest BCUT2D eigenvalue weighted by Crippen LogP contribution is 2.47. The molecule has 2 aromatic rings. The molecule has 0 bridgehead atoms. The van der Waals surface area contributed by atoms with Crippen molar-refractivity contribution < 1.29 is 27.5 Å². The van der Waals surface area contributed by atoms with E-state index in [2.05, 4.69) is 68.8 Å². The maximum absolute atomic E-state index is 13.7. The highest BCUT2D eigenvalue weighted by Gasteiger charge is 2.44. The van der Waals surface area contributed by atoms with Gasteiger partial charge in [0.1, 0.15) is 11.0 Å². The molecule has 0 radical (unpaired) electrons. The summed E-state index contributed by atoms with van der Waals surface area (Å²) in [6, 6.07) is 11.3. The molecule has 1 spiro atoms. The van der Waals surface area contributed by atoms with Gasteiger partial charge < -0.3 is 19.2 Å². The van der Waals surface area contributed by atoms with Crippen LogP contribution in [0.5, 0.6) is 5.75 Å². The van der Waals surface area contributed by atoms with Gasteiger partial charge in [0.15, 0.2) is 8.32 Å². The van der Waals surface area contributed by atoms with Crippen molar-refractivity contribution >= 4 is 41.5 Å². The number of nitrogens with zero attached hydrogens (tertiary/aromatic N) is 1. The number of benzene rings is 2. The number of anilines is 1. The Morgan fingerprint density at radius 1 is 1.18 bits per heavy atom. The lowest BCUT2D eigenvalue weighted by atomic mass is 9.68. The molecule has 1 saturated carbocycles. The monoisotopic (exact) mass is 742 g/mol. The van der Waals surface area contributed by atoms with Gasteiger partial charge in [-0.3, -0.25) is 4.79 Å². The van der Waals surface area contributed by atoms with Gasteiger partial charge in [-0.15, -0.1) is 13.2 Å². The highest BCUT2D eigenvalue weighted by atomic mass is 35.5. The Morgan fingerprint density at radius 3 is 2.58 bits per heavy atom. The van der Waals surface area contributed by atoms with E-state index in [1.165, 1.54) is 11.1 Å². The number of carbonyl (C=O) groups excluding carboxylic acids is 1. The molecule has 2 aromatic carbocycles. The predicted molar refractivity (Wildman–Crippen MR) is 205 cm³/mol. The van der Waals surface area contributed by atoms with Crippen LogP contribution < -0.4 is 14.4 Å². The first-order valence-electron chi connectivity index (χ1n) is 17.9. The average Bonchev–Trinajstić information content (AvgIpc) is 3.17. The maximum Gasteiger partial charge on any atom is 0.264 e. The number of allylic oxidation sites excluding steroid dienone is 1. The summed E-state index contributed by atoms with van der Waals surface area (Å²) in [5.41, 5.74) is 3.15. The molecule has 2 unspecified atom stereocenters. The Balaban J connectivity index is 1.44. The normalized spacial score (nSPS) is 23.4. The summed E-state index contributed by atoms with van der Waals surface area (Å²) < 4.78 is 42.5. The summed E-state index contributed by atoms with van der Waals surface area (Å²) in [5, 5.41) is 10.6. The summed E-state index contributed by atoms with van der Waals surface area (Å²) >= 11 is 6.43. The number of ether oxygens (including phenoxy) is 1. The minimum Gasteiger partial charge on any atom is -0.490 e. The van der Waals surface area contributed by atoms with Crippen molar-refractivity contribution in [3.8, 4) is 5.75 Å². The van der Waals surface area contributed by atoms with E-state index in [0.717, 1.165) is 42.8 Å². The van der Waals surface area contributed by atoms with Gasteiger partial charge in [-0.2, -0.15) is 0 Å². The van der Waals surface area contributed by atoms with Crippen LogP contribution in [0, 0.1) is 11.8 Å². The third-order valence-electron chi connectivity index (χ3n) is 11.7. The van der Waals surface area contributed by atoms with Crippen LogP contribution in [0.25, 0.3) is 0 Å². The zero-order valence-corrected chi connectivity index (χ0v) is 32.9. The second kappa shape index (κ2) is 15.1. The molecule has 5 atom stereocenters. The lowest BCUT2D eigenvalue weighted by Crippen LogP contribution is -2.49. The van der Waals surface area contributed by atoms with Gasteiger partial charge in [0, 0.05) is 29.1 Å². The van der Waals surface area contributed by atoms with Crippen molar-refractivity contribution in [3.63, 3.8) is 0 Å². The summed E-state index contributed by atoms with van der Waals surface area (Å²) in [4.78, 5) is 16.0. The maximum atomic E-state index is 13.7. The lowest BCUT2D eigenvalue weighted by molar-refractivity contribution is 0.0178. The van der Waals surface area contributed by atoms with Gasteiger partial charge in [0.05, 0.1) is 25.0 Å². The molecule has 0 saturated heterocycles. The first-order chi connectivity index (χ1) is 23.5. The highest BCUT2D eigenvalue weighted by molar-refractivity contribution is 7.90. The van der Waals surface area contributed by atoms with E-state index in [1.807, 2.05) is 6.07 Å². The quantitative estimate of drug-likeness (QED) is 0.159. The Bertz CT molecular complexity index is 1690. The number of aliphatic hydroxyl groups excluding tert-OH is 1. The van der Waals surface area contributed by atoms with Crippen molar-refractivity contribution in [2.45, 2.75) is 101 Å². The van der Waals surface area contributed by atoms with Gasteiger partial charge in [0.2, 0.25) is 10.0 Å². The molecule has 1 aliphatic heterocycles. The summed E-state index contributed by atoms with van der Waals surface area (Å²) in [5.74, 6) is 0.353. The third-order valence-corrected chi connectivity index (χ3v) is 18.1. The molecule has 11 heteroatoms. The van der Waals surface area contributed by atoms with Gasteiger partial charge in [0.25, 0.3) is 5.91 Å². The van der Waals surface area contributed by atoms with Crippen LogP contribution in [0.15, 0.2) is 61.7 Å². The van der Waals surface area contributed by atoms with Gasteiger partial charge in [-0.25, -0.2) is 13.1 Å². The number of hydrogen-bond donors (Lipinski definition) is 2. The van der Waals surface area contributed by atoms with E-state index in [9.17, 15) is 18.3 Å². The third kappa shape index (κ3) is 8.20. The van der Waals surface area contributed by atoms with E-state index in [0.29, 0.717) is 31.9 Å². The number of amides is 1.